The van der Waals surface area contributed by atoms with Gasteiger partial charge in [-0.25, -0.2) is 0 Å². The highest BCUT2D eigenvalue weighted by Gasteiger charge is 2.60. The van der Waals surface area contributed by atoms with E-state index in [-0.39, 0.29) is 48.6 Å². The van der Waals surface area contributed by atoms with Crippen LogP contribution in [0.15, 0.2) is 0 Å². The second-order valence-electron chi connectivity index (χ2n) is 16.1. The lowest BCUT2D eigenvalue weighted by Crippen LogP contribution is -2.68. The number of nitrogens with two attached hydrogens (primary N) is 2. The first-order chi connectivity index (χ1) is 23.4. The van der Waals surface area contributed by atoms with Crippen molar-refractivity contribution in [2.75, 3.05) is 26.8 Å². The Morgan fingerprint density at radius 3 is 2.31 bits per heavy atom. The van der Waals surface area contributed by atoms with E-state index in [9.17, 15) is 35.1 Å². The van der Waals surface area contributed by atoms with Gasteiger partial charge in [0.25, 0.3) is 0 Å². The van der Waals surface area contributed by atoms with Crippen LogP contribution in [0.3, 0.4) is 0 Å². The number of aliphatic hydroxyl groups is 5. The molecule has 0 aromatic rings. The number of piperidine rings is 2. The number of aliphatic hydroxyl groups excluding tert-OH is 4. The molecule has 3 saturated carbocycles. The maximum atomic E-state index is 14.3. The molecule has 0 aromatic heterocycles. The number of carbonyl (C=O) groups excluding carboxylic acids is 2. The molecule has 0 amide bonds. The van der Waals surface area contributed by atoms with Crippen molar-refractivity contribution in [2.24, 2.45) is 52.9 Å². The molecule has 6 fully saturated rings. The third-order valence-corrected chi connectivity index (χ3v) is 13.1. The lowest BCUT2D eigenvalue weighted by Gasteiger charge is -2.52. The zero-order valence-corrected chi connectivity index (χ0v) is 28.8. The quantitative estimate of drug-likeness (QED) is 0.131. The first kappa shape index (κ1) is 37.6. The first-order valence-electron chi connectivity index (χ1n) is 18.7. The molecule has 6 aliphatic rings. The van der Waals surface area contributed by atoms with E-state index < -0.39 is 78.8 Å². The average Bonchev–Trinajstić information content (AvgIpc) is 3.09. The summed E-state index contributed by atoms with van der Waals surface area (Å²) in [4.78, 5) is 28.5. The lowest BCUT2D eigenvalue weighted by atomic mass is 9.55. The zero-order valence-electron chi connectivity index (χ0n) is 28.8. The fraction of sp³-hybridized carbons (Fsp3) is 0.943. The van der Waals surface area contributed by atoms with Crippen LogP contribution >= 0.6 is 0 Å². The minimum absolute atomic E-state index is 0.0401. The van der Waals surface area contributed by atoms with Crippen LogP contribution in [-0.4, -0.2) is 125 Å². The zero-order chi connectivity index (χ0) is 35.0. The second kappa shape index (κ2) is 15.8. The van der Waals surface area contributed by atoms with Crippen molar-refractivity contribution in [2.45, 2.75) is 138 Å². The average molecular weight is 697 g/mol. The molecular weight excluding hydrogens is 636 g/mol. The smallest absolute Gasteiger partial charge is 0.187 e. The molecule has 3 heterocycles. The van der Waals surface area contributed by atoms with Gasteiger partial charge in [-0.1, -0.05) is 6.42 Å². The number of Topliss-reactive ketones (excluding diaryl/α,β-unsaturated/α-hetero) is 2. The van der Waals surface area contributed by atoms with E-state index in [2.05, 4.69) is 10.6 Å². The number of methoxy groups -OCH3 is 1. The molecule has 3 saturated heterocycles. The van der Waals surface area contributed by atoms with Gasteiger partial charge in [0.1, 0.15) is 35.5 Å². The van der Waals surface area contributed by atoms with E-state index in [1.807, 2.05) is 0 Å². The van der Waals surface area contributed by atoms with Crippen molar-refractivity contribution >= 4 is 11.6 Å². The molecule has 280 valence electrons. The van der Waals surface area contributed by atoms with Gasteiger partial charge < -0.3 is 61.8 Å². The number of nitrogens with one attached hydrogen (secondary N) is 2. The van der Waals surface area contributed by atoms with Gasteiger partial charge in [0.15, 0.2) is 6.29 Å². The Morgan fingerprint density at radius 2 is 1.61 bits per heavy atom. The molecule has 14 nitrogen and oxygen atoms in total. The number of hydrogen-bond donors (Lipinski definition) is 9. The van der Waals surface area contributed by atoms with E-state index in [0.717, 1.165) is 45.2 Å². The number of rotatable bonds is 10. The van der Waals surface area contributed by atoms with Gasteiger partial charge in [-0.05, 0) is 95.1 Å². The highest BCUT2D eigenvalue weighted by Crippen LogP contribution is 2.50. The summed E-state index contributed by atoms with van der Waals surface area (Å²) >= 11 is 0. The van der Waals surface area contributed by atoms with Gasteiger partial charge in [0.05, 0.1) is 49.1 Å². The van der Waals surface area contributed by atoms with Crippen LogP contribution in [0.4, 0.5) is 0 Å². The van der Waals surface area contributed by atoms with Crippen molar-refractivity contribution in [1.29, 1.82) is 0 Å². The van der Waals surface area contributed by atoms with Crippen molar-refractivity contribution < 1.29 is 49.3 Å². The normalized spacial score (nSPS) is 49.3. The van der Waals surface area contributed by atoms with Crippen LogP contribution in [0.5, 0.6) is 0 Å². The molecule has 0 aromatic carbocycles. The fourth-order valence-electron chi connectivity index (χ4n) is 10.1. The van der Waals surface area contributed by atoms with Crippen LogP contribution < -0.4 is 22.1 Å². The monoisotopic (exact) mass is 696 g/mol. The third-order valence-electron chi connectivity index (χ3n) is 13.1. The molecule has 11 N–H and O–H groups in total. The highest BCUT2D eigenvalue weighted by atomic mass is 16.7. The van der Waals surface area contributed by atoms with Crippen LogP contribution in [0.1, 0.15) is 77.0 Å². The maximum absolute atomic E-state index is 14.3. The Bertz CT molecular complexity index is 1140. The molecular formula is C35H60N4O10. The van der Waals surface area contributed by atoms with Gasteiger partial charge in [0, 0.05) is 25.4 Å². The standard InChI is InChI=1S/C35H60N4O10/c1-47-20-13-22-29(31(43)28-21(30(22)42)10-19(11-23(28)41)3-2-18-4-5-26(36)39-15-18)24(14-20)48-34-32(44)33(45)35(46,25(16-40)49-34)8-6-17-7-9-38-27(37)12-17/h17-29,32-34,38-41,44-46H,2-16,36-37H2,1H3/t17?,18?,19?,20?,21?,22?,23?,24?,25-,26?,27?,28?,29?,32-,33-,34+,35-/m1/s1. The van der Waals surface area contributed by atoms with Gasteiger partial charge in [-0.2, -0.15) is 0 Å². The topological polar surface area (TPSA) is 239 Å². The molecule has 6 rings (SSSR count). The van der Waals surface area contributed by atoms with Crippen molar-refractivity contribution in [3.05, 3.63) is 0 Å². The molecule has 3 aliphatic carbocycles. The molecule has 0 radical (unpaired) electrons. The van der Waals surface area contributed by atoms with Crippen LogP contribution in [0.25, 0.3) is 0 Å². The third kappa shape index (κ3) is 7.81. The molecule has 3 aliphatic heterocycles. The van der Waals surface area contributed by atoms with E-state index >= 15 is 0 Å². The Labute approximate surface area is 289 Å². The number of carbonyl (C=O) groups is 2. The number of ketones is 2. The van der Waals surface area contributed by atoms with E-state index in [1.54, 1.807) is 7.11 Å². The summed E-state index contributed by atoms with van der Waals surface area (Å²) in [6.45, 7) is 0.973. The summed E-state index contributed by atoms with van der Waals surface area (Å²) in [5.41, 5.74) is 10.1. The summed E-state index contributed by atoms with van der Waals surface area (Å²) in [7, 11) is 1.54. The van der Waals surface area contributed by atoms with Gasteiger partial charge in [0.2, 0.25) is 0 Å². The second-order valence-corrected chi connectivity index (χ2v) is 16.1. The predicted molar refractivity (Wildman–Crippen MR) is 176 cm³/mol. The SMILES string of the molecule is COC1CC(O[C@H]2O[C@H](CO)[C@](O)(CCC3CCNC(N)C3)[C@H](O)[C@H]2O)C2C(=O)C3C(O)CC(CCC4CCC(N)NC4)CC3C(=O)C2C1. The van der Waals surface area contributed by atoms with Crippen molar-refractivity contribution in [1.82, 2.24) is 10.6 Å². The molecule has 0 spiro atoms. The van der Waals surface area contributed by atoms with E-state index in [4.69, 9.17) is 25.7 Å². The van der Waals surface area contributed by atoms with Gasteiger partial charge in [-0.3, -0.25) is 9.59 Å². The van der Waals surface area contributed by atoms with Crippen LogP contribution in [0.2, 0.25) is 0 Å². The summed E-state index contributed by atoms with van der Waals surface area (Å²) in [5.74, 6) is -2.38. The van der Waals surface area contributed by atoms with E-state index in [0.29, 0.717) is 38.0 Å². The Morgan fingerprint density at radius 1 is 0.857 bits per heavy atom. The number of fused-ring (bicyclic) bond motifs is 2. The molecule has 14 heteroatoms. The largest absolute Gasteiger partial charge is 0.394 e. The van der Waals surface area contributed by atoms with E-state index in [1.165, 1.54) is 0 Å². The molecule has 49 heavy (non-hydrogen) atoms. The lowest BCUT2D eigenvalue weighted by molar-refractivity contribution is -0.346. The molecule has 12 unspecified atom stereocenters. The van der Waals surface area contributed by atoms with Crippen molar-refractivity contribution in [3.63, 3.8) is 0 Å². The van der Waals surface area contributed by atoms with Crippen LogP contribution in [-0.2, 0) is 23.8 Å². The summed E-state index contributed by atoms with van der Waals surface area (Å²) in [5, 5.41) is 62.2. The summed E-state index contributed by atoms with van der Waals surface area (Å²) in [6.07, 6.45) is -0.931. The molecule has 0 bridgehead atoms. The Hall–Kier alpha value is -1.14. The highest BCUT2D eigenvalue weighted by molar-refractivity contribution is 6.00. The van der Waals surface area contributed by atoms with Gasteiger partial charge in [-0.15, -0.1) is 0 Å². The molecule has 17 atom stereocenters. The minimum atomic E-state index is -1.94. The summed E-state index contributed by atoms with van der Waals surface area (Å²) < 4.78 is 18.0. The number of ether oxygens (including phenoxy) is 3. The summed E-state index contributed by atoms with van der Waals surface area (Å²) in [6, 6.07) is 0. The van der Waals surface area contributed by atoms with Gasteiger partial charge >= 0.3 is 0 Å². The van der Waals surface area contributed by atoms with Crippen molar-refractivity contribution in [3.8, 4) is 0 Å². The maximum Gasteiger partial charge on any atom is 0.187 e. The Balaban J connectivity index is 1.13. The minimum Gasteiger partial charge on any atom is -0.394 e. The predicted octanol–water partition coefficient (Wildman–Crippen LogP) is -1.13. The Kier molecular flexibility index (Phi) is 12.2. The number of hydrogen-bond acceptors (Lipinski definition) is 14. The fourth-order valence-corrected chi connectivity index (χ4v) is 10.1. The first-order valence-corrected chi connectivity index (χ1v) is 18.7. The van der Waals surface area contributed by atoms with Crippen LogP contribution in [0, 0.1) is 41.4 Å².